The lowest BCUT2D eigenvalue weighted by molar-refractivity contribution is -0.133. The van der Waals surface area contributed by atoms with Gasteiger partial charge in [-0.15, -0.1) is 11.8 Å². The molecule has 0 fully saturated rings. The Kier molecular flexibility index (Phi) is 6.47. The lowest BCUT2D eigenvalue weighted by Crippen LogP contribution is -2.33. The van der Waals surface area contributed by atoms with Crippen LogP contribution in [0.15, 0.2) is 30.3 Å². The van der Waals surface area contributed by atoms with E-state index in [2.05, 4.69) is 0 Å². The summed E-state index contributed by atoms with van der Waals surface area (Å²) in [5, 5.41) is 17.2. The number of rotatable bonds is 7. The number of aliphatic carboxylic acids is 1. The van der Waals surface area contributed by atoms with Crippen molar-refractivity contribution in [3.63, 3.8) is 0 Å². The molecule has 100 valence electrons. The average molecular weight is 278 g/mol. The van der Waals surface area contributed by atoms with Crippen LogP contribution >= 0.6 is 11.8 Å². The second-order valence-corrected chi connectivity index (χ2v) is 4.66. The van der Waals surface area contributed by atoms with Crippen molar-refractivity contribution in [2.24, 2.45) is 0 Å². The molecule has 5 nitrogen and oxygen atoms in total. The third kappa shape index (κ3) is 5.44. The summed E-state index contributed by atoms with van der Waals surface area (Å²) >= 11 is 1.05. The number of benzene rings is 1. The first-order valence-corrected chi connectivity index (χ1v) is 6.82. The molecule has 19 heavy (non-hydrogen) atoms. The molecule has 0 aliphatic rings. The number of amides is 1. The molecule has 0 atom stereocenters. The summed E-state index contributed by atoms with van der Waals surface area (Å²) in [5.41, 5.74) is 0.721. The number of carbonyl (C=O) groups excluding carboxylic acids is 1. The normalized spacial score (nSPS) is 9.63. The zero-order valence-electron chi connectivity index (χ0n) is 10.3. The van der Waals surface area contributed by atoms with Crippen molar-refractivity contribution in [1.29, 1.82) is 5.26 Å². The molecule has 0 saturated carbocycles. The number of para-hydroxylation sites is 1. The first-order valence-electron chi connectivity index (χ1n) is 5.67. The van der Waals surface area contributed by atoms with Crippen molar-refractivity contribution in [2.45, 2.75) is 6.42 Å². The molecule has 1 aromatic carbocycles. The lowest BCUT2D eigenvalue weighted by Gasteiger charge is -2.21. The van der Waals surface area contributed by atoms with Crippen molar-refractivity contribution in [1.82, 2.24) is 0 Å². The Morgan fingerprint density at radius 3 is 2.53 bits per heavy atom. The maximum Gasteiger partial charge on any atom is 0.313 e. The Hall–Kier alpha value is -2.00. The van der Waals surface area contributed by atoms with E-state index in [9.17, 15) is 9.59 Å². The minimum atomic E-state index is -0.943. The Labute approximate surface area is 115 Å². The molecule has 1 N–H and O–H groups in total. The summed E-state index contributed by atoms with van der Waals surface area (Å²) in [5.74, 6) is -1.15. The number of nitrogens with zero attached hydrogens (tertiary/aromatic N) is 2. The van der Waals surface area contributed by atoms with Crippen molar-refractivity contribution in [3.8, 4) is 6.07 Å². The largest absolute Gasteiger partial charge is 0.481 e. The van der Waals surface area contributed by atoms with Crippen LogP contribution in [-0.4, -0.2) is 35.0 Å². The fraction of sp³-hybridized carbons (Fsp3) is 0.308. The SMILES string of the molecule is N#CCCN(C(=O)CSCC(=O)O)c1ccccc1. The van der Waals surface area contributed by atoms with E-state index >= 15 is 0 Å². The highest BCUT2D eigenvalue weighted by Crippen LogP contribution is 2.15. The van der Waals surface area contributed by atoms with E-state index in [1.807, 2.05) is 24.3 Å². The summed E-state index contributed by atoms with van der Waals surface area (Å²) in [6, 6.07) is 11.0. The summed E-state index contributed by atoms with van der Waals surface area (Å²) in [4.78, 5) is 23.9. The molecular formula is C13H14N2O3S. The van der Waals surface area contributed by atoms with Crippen LogP contribution in [0.25, 0.3) is 0 Å². The van der Waals surface area contributed by atoms with Crippen LogP contribution in [0.2, 0.25) is 0 Å². The number of carboxylic acids is 1. The first-order chi connectivity index (χ1) is 9.15. The zero-order chi connectivity index (χ0) is 14.1. The molecule has 0 aliphatic carbocycles. The molecule has 0 unspecified atom stereocenters. The summed E-state index contributed by atoms with van der Waals surface area (Å²) < 4.78 is 0. The fourth-order valence-electron chi connectivity index (χ4n) is 1.47. The van der Waals surface area contributed by atoms with Crippen molar-refractivity contribution in [2.75, 3.05) is 23.0 Å². The van der Waals surface area contributed by atoms with Gasteiger partial charge in [-0.1, -0.05) is 18.2 Å². The van der Waals surface area contributed by atoms with Crippen LogP contribution in [0.3, 0.4) is 0 Å². The van der Waals surface area contributed by atoms with Gasteiger partial charge in [0.15, 0.2) is 0 Å². The molecular weight excluding hydrogens is 264 g/mol. The van der Waals surface area contributed by atoms with Gasteiger partial charge in [-0.25, -0.2) is 0 Å². The fourth-order valence-corrected chi connectivity index (χ4v) is 2.08. The van der Waals surface area contributed by atoms with Gasteiger partial charge in [0, 0.05) is 12.2 Å². The number of hydrogen-bond acceptors (Lipinski definition) is 4. The Balaban J connectivity index is 2.66. The Bertz CT molecular complexity index is 471. The molecule has 0 bridgehead atoms. The van der Waals surface area contributed by atoms with Gasteiger partial charge in [0.25, 0.3) is 0 Å². The van der Waals surface area contributed by atoms with Crippen LogP contribution in [0.5, 0.6) is 0 Å². The molecule has 1 amide bonds. The number of carbonyl (C=O) groups is 2. The van der Waals surface area contributed by atoms with Crippen LogP contribution in [0.4, 0.5) is 5.69 Å². The Morgan fingerprint density at radius 2 is 1.95 bits per heavy atom. The van der Waals surface area contributed by atoms with Crippen LogP contribution in [-0.2, 0) is 9.59 Å². The first kappa shape index (κ1) is 15.1. The van der Waals surface area contributed by atoms with E-state index in [1.165, 1.54) is 4.90 Å². The van der Waals surface area contributed by atoms with E-state index in [1.54, 1.807) is 12.1 Å². The average Bonchev–Trinajstić information content (AvgIpc) is 2.40. The quantitative estimate of drug-likeness (QED) is 0.821. The molecule has 0 aromatic heterocycles. The molecule has 0 heterocycles. The monoisotopic (exact) mass is 278 g/mol. The highest BCUT2D eigenvalue weighted by molar-refractivity contribution is 8.00. The summed E-state index contributed by atoms with van der Waals surface area (Å²) in [7, 11) is 0. The van der Waals surface area contributed by atoms with E-state index in [-0.39, 0.29) is 23.8 Å². The van der Waals surface area contributed by atoms with E-state index in [0.29, 0.717) is 6.54 Å². The molecule has 1 aromatic rings. The number of anilines is 1. The van der Waals surface area contributed by atoms with Gasteiger partial charge >= 0.3 is 5.97 Å². The van der Waals surface area contributed by atoms with Gasteiger partial charge in [-0.3, -0.25) is 9.59 Å². The van der Waals surface area contributed by atoms with E-state index in [4.69, 9.17) is 10.4 Å². The molecule has 0 saturated heterocycles. The maximum absolute atomic E-state index is 12.0. The Morgan fingerprint density at radius 1 is 1.26 bits per heavy atom. The summed E-state index contributed by atoms with van der Waals surface area (Å²) in [6.07, 6.45) is 0.240. The van der Waals surface area contributed by atoms with Gasteiger partial charge in [0.05, 0.1) is 24.0 Å². The molecule has 0 radical (unpaired) electrons. The van der Waals surface area contributed by atoms with Crippen LogP contribution < -0.4 is 4.90 Å². The number of nitriles is 1. The maximum atomic E-state index is 12.0. The topological polar surface area (TPSA) is 81.4 Å². The summed E-state index contributed by atoms with van der Waals surface area (Å²) in [6.45, 7) is 0.312. The van der Waals surface area contributed by atoms with Gasteiger partial charge < -0.3 is 10.0 Å². The predicted octanol–water partition coefficient (Wildman–Crippen LogP) is 1.75. The molecule has 1 rings (SSSR count). The van der Waals surface area contributed by atoms with Gasteiger partial charge in [0.2, 0.25) is 5.91 Å². The number of hydrogen-bond donors (Lipinski definition) is 1. The number of carboxylic acid groups (broad SMARTS) is 1. The minimum absolute atomic E-state index is 0.0899. The smallest absolute Gasteiger partial charge is 0.313 e. The third-order valence-electron chi connectivity index (χ3n) is 2.27. The van der Waals surface area contributed by atoms with E-state index < -0.39 is 5.97 Å². The van der Waals surface area contributed by atoms with Crippen molar-refractivity contribution < 1.29 is 14.7 Å². The number of thioether (sulfide) groups is 1. The molecule has 0 aliphatic heterocycles. The highest BCUT2D eigenvalue weighted by Gasteiger charge is 2.15. The van der Waals surface area contributed by atoms with Crippen LogP contribution in [0, 0.1) is 11.3 Å². The third-order valence-corrected chi connectivity index (χ3v) is 3.17. The molecule has 6 heteroatoms. The van der Waals surface area contributed by atoms with Crippen molar-refractivity contribution in [3.05, 3.63) is 30.3 Å². The van der Waals surface area contributed by atoms with Gasteiger partial charge in [-0.2, -0.15) is 5.26 Å². The standard InChI is InChI=1S/C13H14N2O3S/c14-7-4-8-15(11-5-2-1-3-6-11)12(16)9-19-10-13(17)18/h1-3,5-6H,4,8-10H2,(H,17,18). The molecule has 0 spiro atoms. The predicted molar refractivity (Wildman–Crippen MR) is 74.0 cm³/mol. The van der Waals surface area contributed by atoms with Gasteiger partial charge in [0.1, 0.15) is 0 Å². The van der Waals surface area contributed by atoms with E-state index in [0.717, 1.165) is 17.4 Å². The zero-order valence-corrected chi connectivity index (χ0v) is 11.1. The highest BCUT2D eigenvalue weighted by atomic mass is 32.2. The second kappa shape index (κ2) is 8.16. The van der Waals surface area contributed by atoms with Gasteiger partial charge in [-0.05, 0) is 12.1 Å². The van der Waals surface area contributed by atoms with Crippen LogP contribution in [0.1, 0.15) is 6.42 Å². The lowest BCUT2D eigenvalue weighted by atomic mass is 10.2. The second-order valence-electron chi connectivity index (χ2n) is 3.68. The minimum Gasteiger partial charge on any atom is -0.481 e. The van der Waals surface area contributed by atoms with Crippen molar-refractivity contribution >= 4 is 29.3 Å².